The molecule has 1 fully saturated rings. The predicted octanol–water partition coefficient (Wildman–Crippen LogP) is 3.00. The van der Waals surface area contributed by atoms with E-state index in [9.17, 15) is 9.59 Å². The summed E-state index contributed by atoms with van der Waals surface area (Å²) < 4.78 is 5.08. The molecule has 1 aliphatic rings. The molecule has 2 atom stereocenters. The van der Waals surface area contributed by atoms with Crippen LogP contribution in [0.15, 0.2) is 0 Å². The quantitative estimate of drug-likeness (QED) is 0.675. The molecule has 1 amide bonds. The Hall–Kier alpha value is -1.06. The fourth-order valence-electron chi connectivity index (χ4n) is 2.84. The summed E-state index contributed by atoms with van der Waals surface area (Å²) in [6.45, 7) is 7.79. The van der Waals surface area contributed by atoms with Gasteiger partial charge in [-0.2, -0.15) is 0 Å². The van der Waals surface area contributed by atoms with Gasteiger partial charge >= 0.3 is 5.97 Å². The molecule has 4 heteroatoms. The third-order valence-electron chi connectivity index (χ3n) is 4.10. The molecular weight excluding hydrogens is 254 g/mol. The van der Waals surface area contributed by atoms with E-state index in [-0.39, 0.29) is 23.7 Å². The standard InChI is InChI=1S/C16H29NO3/c1-4-7-9-13(5-2)15(18)17-11-8-10-14(12-17)16(19)20-6-3/h13-14H,4-12H2,1-3H3/t13-,14-/m0/s1. The summed E-state index contributed by atoms with van der Waals surface area (Å²) >= 11 is 0. The topological polar surface area (TPSA) is 46.6 Å². The van der Waals surface area contributed by atoms with Crippen molar-refractivity contribution >= 4 is 11.9 Å². The fourth-order valence-corrected chi connectivity index (χ4v) is 2.84. The van der Waals surface area contributed by atoms with Crippen molar-refractivity contribution in [2.45, 2.75) is 59.3 Å². The molecule has 0 unspecified atom stereocenters. The minimum Gasteiger partial charge on any atom is -0.466 e. The molecule has 116 valence electrons. The normalized spacial score (nSPS) is 20.6. The first kappa shape index (κ1) is 17.0. The first-order valence-electron chi connectivity index (χ1n) is 8.09. The molecule has 1 aliphatic heterocycles. The van der Waals surface area contributed by atoms with Crippen molar-refractivity contribution in [3.63, 3.8) is 0 Å². The van der Waals surface area contributed by atoms with Gasteiger partial charge in [0.1, 0.15) is 0 Å². The van der Waals surface area contributed by atoms with Gasteiger partial charge in [-0.25, -0.2) is 0 Å². The molecular formula is C16H29NO3. The van der Waals surface area contributed by atoms with Gasteiger partial charge in [0.15, 0.2) is 0 Å². The molecule has 0 saturated carbocycles. The monoisotopic (exact) mass is 283 g/mol. The predicted molar refractivity (Wildman–Crippen MR) is 79.2 cm³/mol. The summed E-state index contributed by atoms with van der Waals surface area (Å²) in [5.74, 6) is 0.0776. The SMILES string of the molecule is CCCC[C@H](CC)C(=O)N1CCC[C@H](C(=O)OCC)C1. The molecule has 4 nitrogen and oxygen atoms in total. The van der Waals surface area contributed by atoms with E-state index in [4.69, 9.17) is 4.74 Å². The third-order valence-corrected chi connectivity index (χ3v) is 4.10. The molecule has 1 saturated heterocycles. The second-order valence-corrected chi connectivity index (χ2v) is 5.62. The van der Waals surface area contributed by atoms with Crippen molar-refractivity contribution in [2.24, 2.45) is 11.8 Å². The Morgan fingerprint density at radius 2 is 2.05 bits per heavy atom. The van der Waals surface area contributed by atoms with Crippen molar-refractivity contribution in [1.82, 2.24) is 4.90 Å². The summed E-state index contributed by atoms with van der Waals surface area (Å²) in [6.07, 6.45) is 5.81. The van der Waals surface area contributed by atoms with Crippen LogP contribution in [0.4, 0.5) is 0 Å². The third kappa shape index (κ3) is 4.80. The van der Waals surface area contributed by atoms with Crippen LogP contribution in [0.1, 0.15) is 59.3 Å². The molecule has 0 bridgehead atoms. The summed E-state index contributed by atoms with van der Waals surface area (Å²) in [5.41, 5.74) is 0. The van der Waals surface area contributed by atoms with Gasteiger partial charge in [0, 0.05) is 19.0 Å². The van der Waals surface area contributed by atoms with Gasteiger partial charge < -0.3 is 9.64 Å². The first-order chi connectivity index (χ1) is 9.63. The lowest BCUT2D eigenvalue weighted by Crippen LogP contribution is -2.45. The van der Waals surface area contributed by atoms with Gasteiger partial charge in [0.2, 0.25) is 5.91 Å². The zero-order valence-corrected chi connectivity index (χ0v) is 13.2. The van der Waals surface area contributed by atoms with Crippen molar-refractivity contribution in [1.29, 1.82) is 0 Å². The van der Waals surface area contributed by atoms with Crippen LogP contribution in [0.5, 0.6) is 0 Å². The van der Waals surface area contributed by atoms with Gasteiger partial charge in [-0.3, -0.25) is 9.59 Å². The van der Waals surface area contributed by atoms with E-state index < -0.39 is 0 Å². The minimum absolute atomic E-state index is 0.121. The highest BCUT2D eigenvalue weighted by molar-refractivity contribution is 5.80. The Morgan fingerprint density at radius 1 is 1.30 bits per heavy atom. The smallest absolute Gasteiger partial charge is 0.310 e. The minimum atomic E-state index is -0.147. The lowest BCUT2D eigenvalue weighted by Gasteiger charge is -2.33. The number of carbonyl (C=O) groups excluding carboxylic acids is 2. The number of carbonyl (C=O) groups is 2. The molecule has 1 heterocycles. The molecule has 0 aromatic rings. The zero-order valence-electron chi connectivity index (χ0n) is 13.2. The van der Waals surface area contributed by atoms with Crippen molar-refractivity contribution in [3.8, 4) is 0 Å². The maximum atomic E-state index is 12.5. The van der Waals surface area contributed by atoms with Crippen LogP contribution in [0.25, 0.3) is 0 Å². The lowest BCUT2D eigenvalue weighted by molar-refractivity contribution is -0.152. The number of hydrogen-bond acceptors (Lipinski definition) is 3. The lowest BCUT2D eigenvalue weighted by atomic mass is 9.93. The van der Waals surface area contributed by atoms with Gasteiger partial charge in [0.05, 0.1) is 12.5 Å². The zero-order chi connectivity index (χ0) is 15.0. The summed E-state index contributed by atoms with van der Waals surface area (Å²) in [4.78, 5) is 26.2. The number of rotatable bonds is 7. The summed E-state index contributed by atoms with van der Waals surface area (Å²) in [7, 11) is 0. The molecule has 0 aromatic carbocycles. The van der Waals surface area contributed by atoms with Crippen molar-refractivity contribution in [3.05, 3.63) is 0 Å². The molecule has 1 rings (SSSR count). The van der Waals surface area contributed by atoms with E-state index in [0.29, 0.717) is 13.2 Å². The van der Waals surface area contributed by atoms with Gasteiger partial charge in [-0.15, -0.1) is 0 Å². The number of unbranched alkanes of at least 4 members (excludes halogenated alkanes) is 1. The Kier molecular flexibility index (Phi) is 7.63. The van der Waals surface area contributed by atoms with E-state index in [0.717, 1.165) is 45.1 Å². The number of piperidine rings is 1. The van der Waals surface area contributed by atoms with E-state index in [1.807, 2.05) is 11.8 Å². The van der Waals surface area contributed by atoms with Crippen LogP contribution < -0.4 is 0 Å². The van der Waals surface area contributed by atoms with Crippen LogP contribution in [-0.4, -0.2) is 36.5 Å². The molecule has 0 spiro atoms. The number of amides is 1. The van der Waals surface area contributed by atoms with Gasteiger partial charge in [-0.05, 0) is 32.6 Å². The van der Waals surface area contributed by atoms with Crippen molar-refractivity contribution in [2.75, 3.05) is 19.7 Å². The number of nitrogens with zero attached hydrogens (tertiary/aromatic N) is 1. The van der Waals surface area contributed by atoms with Crippen LogP contribution in [0.3, 0.4) is 0 Å². The highest BCUT2D eigenvalue weighted by Crippen LogP contribution is 2.22. The van der Waals surface area contributed by atoms with E-state index >= 15 is 0 Å². The Bertz CT molecular complexity index is 317. The number of hydrogen-bond donors (Lipinski definition) is 0. The molecule has 0 N–H and O–H groups in total. The number of likely N-dealkylation sites (tertiary alicyclic amines) is 1. The van der Waals surface area contributed by atoms with Gasteiger partial charge in [-0.1, -0.05) is 26.7 Å². The maximum absolute atomic E-state index is 12.5. The molecule has 0 aliphatic carbocycles. The Morgan fingerprint density at radius 3 is 2.65 bits per heavy atom. The Balaban J connectivity index is 2.56. The van der Waals surface area contributed by atoms with E-state index in [1.54, 1.807) is 0 Å². The van der Waals surface area contributed by atoms with E-state index in [1.165, 1.54) is 0 Å². The molecule has 20 heavy (non-hydrogen) atoms. The summed E-state index contributed by atoms with van der Waals surface area (Å²) in [5, 5.41) is 0. The number of ether oxygens (including phenoxy) is 1. The largest absolute Gasteiger partial charge is 0.466 e. The van der Waals surface area contributed by atoms with Crippen LogP contribution in [0.2, 0.25) is 0 Å². The second-order valence-electron chi connectivity index (χ2n) is 5.62. The second kappa shape index (κ2) is 8.98. The van der Waals surface area contributed by atoms with Crippen molar-refractivity contribution < 1.29 is 14.3 Å². The van der Waals surface area contributed by atoms with Crippen LogP contribution in [-0.2, 0) is 14.3 Å². The van der Waals surface area contributed by atoms with Crippen LogP contribution >= 0.6 is 0 Å². The summed E-state index contributed by atoms with van der Waals surface area (Å²) in [6, 6.07) is 0. The van der Waals surface area contributed by atoms with Gasteiger partial charge in [0.25, 0.3) is 0 Å². The molecule has 0 radical (unpaired) electrons. The van der Waals surface area contributed by atoms with Crippen LogP contribution in [0, 0.1) is 11.8 Å². The fraction of sp³-hybridized carbons (Fsp3) is 0.875. The highest BCUT2D eigenvalue weighted by atomic mass is 16.5. The Labute approximate surface area is 122 Å². The average molecular weight is 283 g/mol. The highest BCUT2D eigenvalue weighted by Gasteiger charge is 2.31. The molecule has 0 aromatic heterocycles. The number of esters is 1. The maximum Gasteiger partial charge on any atom is 0.310 e. The first-order valence-corrected chi connectivity index (χ1v) is 8.09. The average Bonchev–Trinajstić information content (AvgIpc) is 2.48. The van der Waals surface area contributed by atoms with E-state index in [2.05, 4.69) is 13.8 Å².